The maximum atomic E-state index is 11.5. The van der Waals surface area contributed by atoms with Crippen LogP contribution in [0.3, 0.4) is 0 Å². The van der Waals surface area contributed by atoms with Gasteiger partial charge in [0.05, 0.1) is 0 Å². The molecule has 0 radical (unpaired) electrons. The predicted molar refractivity (Wildman–Crippen MR) is 63.9 cm³/mol. The van der Waals surface area contributed by atoms with Gasteiger partial charge in [0.1, 0.15) is 5.76 Å². The van der Waals surface area contributed by atoms with Crippen molar-refractivity contribution in [1.82, 2.24) is 0 Å². The van der Waals surface area contributed by atoms with Gasteiger partial charge in [-0.15, -0.1) is 4.91 Å². The Morgan fingerprint density at radius 1 is 1.50 bits per heavy atom. The normalized spacial score (nSPS) is 11.6. The molecule has 0 unspecified atom stereocenters. The number of halogens is 1. The molecule has 1 aromatic rings. The Bertz CT molecular complexity index is 453. The minimum Gasteiger partial charge on any atom is -0.510 e. The van der Waals surface area contributed by atoms with E-state index in [1.54, 1.807) is 24.3 Å². The van der Waals surface area contributed by atoms with Crippen LogP contribution in [0.15, 0.2) is 45.4 Å². The topological polar surface area (TPSA) is 78.8 Å². The SMILES string of the molecule is CC(O)=C(N=O)C(=O)Nc1cccc(Br)c1. The van der Waals surface area contributed by atoms with Crippen molar-refractivity contribution in [3.05, 3.63) is 45.1 Å². The minimum absolute atomic E-state index is 0.414. The van der Waals surface area contributed by atoms with Crippen LogP contribution < -0.4 is 5.32 Å². The molecule has 1 aromatic carbocycles. The van der Waals surface area contributed by atoms with Crippen LogP contribution in [0.2, 0.25) is 0 Å². The fraction of sp³-hybridized carbons (Fsp3) is 0.100. The highest BCUT2D eigenvalue weighted by Crippen LogP contribution is 2.16. The Hall–Kier alpha value is -1.69. The number of hydrogen-bond acceptors (Lipinski definition) is 4. The van der Waals surface area contributed by atoms with Crippen LogP contribution in [0.1, 0.15) is 6.92 Å². The van der Waals surface area contributed by atoms with Crippen molar-refractivity contribution in [3.63, 3.8) is 0 Å². The van der Waals surface area contributed by atoms with Crippen molar-refractivity contribution >= 4 is 27.5 Å². The highest BCUT2D eigenvalue weighted by molar-refractivity contribution is 9.10. The van der Waals surface area contributed by atoms with E-state index in [1.165, 1.54) is 6.92 Å². The van der Waals surface area contributed by atoms with Gasteiger partial charge in [0.15, 0.2) is 0 Å². The number of carbonyl (C=O) groups excluding carboxylic acids is 1. The van der Waals surface area contributed by atoms with E-state index in [0.29, 0.717) is 5.69 Å². The Balaban J connectivity index is 2.87. The molecule has 0 fully saturated rings. The minimum atomic E-state index is -0.742. The quantitative estimate of drug-likeness (QED) is 0.509. The molecule has 16 heavy (non-hydrogen) atoms. The maximum absolute atomic E-state index is 11.5. The van der Waals surface area contributed by atoms with Gasteiger partial charge in [0, 0.05) is 10.2 Å². The van der Waals surface area contributed by atoms with Crippen molar-refractivity contribution in [1.29, 1.82) is 0 Å². The third-order valence-electron chi connectivity index (χ3n) is 1.73. The molecular weight excluding hydrogens is 276 g/mol. The van der Waals surface area contributed by atoms with E-state index in [1.807, 2.05) is 0 Å². The van der Waals surface area contributed by atoms with Crippen LogP contribution in [0.5, 0.6) is 0 Å². The van der Waals surface area contributed by atoms with E-state index >= 15 is 0 Å². The first-order chi connectivity index (χ1) is 7.54. The summed E-state index contributed by atoms with van der Waals surface area (Å²) in [6.07, 6.45) is 0. The number of benzene rings is 1. The standard InChI is InChI=1S/C10H9BrN2O3/c1-6(14)9(13-16)10(15)12-8-4-2-3-7(11)5-8/h2-5,14H,1H3,(H,12,15). The van der Waals surface area contributed by atoms with Crippen molar-refractivity contribution < 1.29 is 9.90 Å². The van der Waals surface area contributed by atoms with Gasteiger partial charge >= 0.3 is 0 Å². The molecule has 0 spiro atoms. The number of hydrogen-bond donors (Lipinski definition) is 2. The van der Waals surface area contributed by atoms with E-state index in [-0.39, 0.29) is 0 Å². The lowest BCUT2D eigenvalue weighted by atomic mass is 10.3. The second-order valence-corrected chi connectivity index (χ2v) is 3.91. The average molecular weight is 285 g/mol. The maximum Gasteiger partial charge on any atom is 0.281 e. The molecule has 0 aromatic heterocycles. The molecule has 0 aliphatic carbocycles. The smallest absolute Gasteiger partial charge is 0.281 e. The number of nitroso groups, excluding NO2 is 1. The van der Waals surface area contributed by atoms with Gasteiger partial charge in [0.2, 0.25) is 5.70 Å². The van der Waals surface area contributed by atoms with Gasteiger partial charge in [-0.05, 0) is 30.3 Å². The lowest BCUT2D eigenvalue weighted by Gasteiger charge is -2.04. The highest BCUT2D eigenvalue weighted by Gasteiger charge is 2.13. The molecule has 1 rings (SSSR count). The van der Waals surface area contributed by atoms with Crippen molar-refractivity contribution in [2.45, 2.75) is 6.92 Å². The summed E-state index contributed by atoms with van der Waals surface area (Å²) >= 11 is 3.24. The summed E-state index contributed by atoms with van der Waals surface area (Å²) in [4.78, 5) is 21.8. The van der Waals surface area contributed by atoms with Crippen LogP contribution in [0, 0.1) is 4.91 Å². The summed E-state index contributed by atoms with van der Waals surface area (Å²) in [5.41, 5.74) is -0.0262. The van der Waals surface area contributed by atoms with E-state index in [4.69, 9.17) is 5.11 Å². The molecule has 0 saturated heterocycles. The molecule has 0 atom stereocenters. The van der Waals surface area contributed by atoms with Crippen LogP contribution in [-0.4, -0.2) is 11.0 Å². The first-order valence-electron chi connectivity index (χ1n) is 4.34. The molecule has 84 valence electrons. The lowest BCUT2D eigenvalue weighted by molar-refractivity contribution is -0.113. The van der Waals surface area contributed by atoms with Gasteiger partial charge in [-0.25, -0.2) is 0 Å². The van der Waals surface area contributed by atoms with E-state index in [2.05, 4.69) is 26.4 Å². The third-order valence-corrected chi connectivity index (χ3v) is 2.22. The average Bonchev–Trinajstić information content (AvgIpc) is 2.17. The molecule has 0 aliphatic heterocycles. The number of allylic oxidation sites excluding steroid dienone is 1. The Labute approximate surface area is 100 Å². The Morgan fingerprint density at radius 2 is 2.19 bits per heavy atom. The molecule has 1 amide bonds. The van der Waals surface area contributed by atoms with Crippen LogP contribution in [0.4, 0.5) is 5.69 Å². The van der Waals surface area contributed by atoms with Crippen molar-refractivity contribution in [3.8, 4) is 0 Å². The number of aliphatic hydroxyl groups is 1. The van der Waals surface area contributed by atoms with Gasteiger partial charge < -0.3 is 10.4 Å². The molecule has 0 aliphatic rings. The summed E-state index contributed by atoms with van der Waals surface area (Å²) < 4.78 is 0.788. The number of nitrogens with one attached hydrogen (secondary N) is 1. The van der Waals surface area contributed by atoms with Gasteiger partial charge in [0.25, 0.3) is 5.91 Å². The number of rotatable bonds is 3. The Kier molecular flexibility index (Phi) is 4.19. The van der Waals surface area contributed by atoms with Gasteiger partial charge in [-0.3, -0.25) is 4.79 Å². The lowest BCUT2D eigenvalue weighted by Crippen LogP contribution is -2.14. The van der Waals surface area contributed by atoms with Crippen LogP contribution in [0.25, 0.3) is 0 Å². The summed E-state index contributed by atoms with van der Waals surface area (Å²) in [5, 5.41) is 13.9. The monoisotopic (exact) mass is 284 g/mol. The molecule has 6 heteroatoms. The fourth-order valence-electron chi connectivity index (χ4n) is 1.03. The number of carbonyl (C=O) groups is 1. The number of amides is 1. The van der Waals surface area contributed by atoms with E-state index in [9.17, 15) is 9.70 Å². The first-order valence-corrected chi connectivity index (χ1v) is 5.14. The predicted octanol–water partition coefficient (Wildman–Crippen LogP) is 2.94. The number of nitrogens with zero attached hydrogens (tertiary/aromatic N) is 1. The molecule has 5 nitrogen and oxygen atoms in total. The Morgan fingerprint density at radius 3 is 2.69 bits per heavy atom. The molecule has 0 heterocycles. The summed E-state index contributed by atoms with van der Waals surface area (Å²) in [7, 11) is 0. The zero-order valence-electron chi connectivity index (χ0n) is 8.40. The van der Waals surface area contributed by atoms with Gasteiger partial charge in [-0.1, -0.05) is 22.0 Å². The highest BCUT2D eigenvalue weighted by atomic mass is 79.9. The molecule has 0 bridgehead atoms. The van der Waals surface area contributed by atoms with Crippen LogP contribution in [-0.2, 0) is 4.79 Å². The largest absolute Gasteiger partial charge is 0.510 e. The second kappa shape index (κ2) is 5.41. The van der Waals surface area contributed by atoms with E-state index < -0.39 is 17.4 Å². The summed E-state index contributed by atoms with van der Waals surface area (Å²) in [5.74, 6) is -1.16. The summed E-state index contributed by atoms with van der Waals surface area (Å²) in [6.45, 7) is 1.22. The van der Waals surface area contributed by atoms with Crippen molar-refractivity contribution in [2.24, 2.45) is 5.18 Å². The van der Waals surface area contributed by atoms with Gasteiger partial charge in [-0.2, -0.15) is 0 Å². The number of anilines is 1. The number of aliphatic hydroxyl groups excluding tert-OH is 1. The fourth-order valence-corrected chi connectivity index (χ4v) is 1.43. The molecular formula is C10H9BrN2O3. The van der Waals surface area contributed by atoms with Crippen molar-refractivity contribution in [2.75, 3.05) is 5.32 Å². The second-order valence-electron chi connectivity index (χ2n) is 2.99. The van der Waals surface area contributed by atoms with Crippen LogP contribution >= 0.6 is 15.9 Å². The summed E-state index contributed by atoms with van der Waals surface area (Å²) in [6, 6.07) is 6.83. The zero-order chi connectivity index (χ0) is 12.1. The zero-order valence-corrected chi connectivity index (χ0v) is 9.98. The first kappa shape index (κ1) is 12.4. The third kappa shape index (κ3) is 3.16. The van der Waals surface area contributed by atoms with E-state index in [0.717, 1.165) is 4.47 Å². The molecule has 0 saturated carbocycles. The molecule has 2 N–H and O–H groups in total.